The van der Waals surface area contributed by atoms with E-state index in [2.05, 4.69) is 6.92 Å². The Morgan fingerprint density at radius 2 is 2.36 bits per heavy atom. The topological polar surface area (TPSA) is 22.4 Å². The Kier molecular flexibility index (Phi) is 3.14. The molecule has 0 radical (unpaired) electrons. The van der Waals surface area contributed by atoms with Crippen molar-refractivity contribution in [1.29, 1.82) is 0 Å². The molecule has 0 spiro atoms. The average Bonchev–Trinajstić information content (AvgIpc) is 2.85. The van der Waals surface area contributed by atoms with Crippen LogP contribution in [0.2, 0.25) is 0 Å². The highest BCUT2D eigenvalue weighted by Gasteiger charge is 2.31. The molecule has 2 rings (SSSR count). The largest absolute Gasteiger partial charge is 0.463 e. The van der Waals surface area contributed by atoms with Gasteiger partial charge in [0.05, 0.1) is 0 Å². The minimum Gasteiger partial charge on any atom is -0.463 e. The van der Waals surface area contributed by atoms with Crippen molar-refractivity contribution >= 4 is 11.6 Å². The van der Waals surface area contributed by atoms with Gasteiger partial charge < -0.3 is 9.15 Å². The van der Waals surface area contributed by atoms with Gasteiger partial charge in [-0.3, -0.25) is 0 Å². The van der Waals surface area contributed by atoms with Gasteiger partial charge in [-0.25, -0.2) is 0 Å². The van der Waals surface area contributed by atoms with Crippen LogP contribution in [0.1, 0.15) is 31.0 Å². The number of hydrogen-bond donors (Lipinski definition) is 0. The maximum atomic E-state index is 5.87. The van der Waals surface area contributed by atoms with Crippen LogP contribution in [0.4, 0.5) is 0 Å². The van der Waals surface area contributed by atoms with Crippen LogP contribution in [0.5, 0.6) is 0 Å². The molecule has 0 N–H and O–H groups in total. The third-order valence-corrected chi connectivity index (χ3v) is 3.12. The SMILES string of the molecule is CCc1ccc(C2OCCC2CCl)o1. The smallest absolute Gasteiger partial charge is 0.133 e. The van der Waals surface area contributed by atoms with Gasteiger partial charge in [-0.05, 0) is 18.6 Å². The monoisotopic (exact) mass is 214 g/mol. The summed E-state index contributed by atoms with van der Waals surface area (Å²) in [6.45, 7) is 2.88. The van der Waals surface area contributed by atoms with Crippen molar-refractivity contribution in [1.82, 2.24) is 0 Å². The van der Waals surface area contributed by atoms with Crippen molar-refractivity contribution in [3.05, 3.63) is 23.7 Å². The summed E-state index contributed by atoms with van der Waals surface area (Å²) in [6, 6.07) is 4.02. The molecule has 2 nitrogen and oxygen atoms in total. The lowest BCUT2D eigenvalue weighted by atomic mass is 10.0. The fourth-order valence-electron chi connectivity index (χ4n) is 1.84. The zero-order valence-electron chi connectivity index (χ0n) is 8.33. The summed E-state index contributed by atoms with van der Waals surface area (Å²) in [7, 11) is 0. The molecule has 1 aliphatic rings. The first-order valence-electron chi connectivity index (χ1n) is 5.11. The standard InChI is InChI=1S/C11H15ClO2/c1-2-9-3-4-10(14-9)11-8(7-12)5-6-13-11/h3-4,8,11H,2,5-7H2,1H3. The molecule has 1 aliphatic heterocycles. The maximum absolute atomic E-state index is 5.87. The van der Waals surface area contributed by atoms with Crippen LogP contribution in [-0.4, -0.2) is 12.5 Å². The Balaban J connectivity index is 2.13. The Morgan fingerprint density at radius 3 is 3.00 bits per heavy atom. The van der Waals surface area contributed by atoms with E-state index in [0.29, 0.717) is 11.8 Å². The summed E-state index contributed by atoms with van der Waals surface area (Å²) >= 11 is 5.87. The molecular weight excluding hydrogens is 200 g/mol. The number of hydrogen-bond acceptors (Lipinski definition) is 2. The summed E-state index contributed by atoms with van der Waals surface area (Å²) in [5.74, 6) is 3.01. The molecule has 2 atom stereocenters. The normalized spacial score (nSPS) is 27.0. The zero-order chi connectivity index (χ0) is 9.97. The molecule has 0 saturated carbocycles. The fourth-order valence-corrected chi connectivity index (χ4v) is 2.16. The van der Waals surface area contributed by atoms with Gasteiger partial charge in [0.1, 0.15) is 17.6 Å². The van der Waals surface area contributed by atoms with Gasteiger partial charge in [0.2, 0.25) is 0 Å². The van der Waals surface area contributed by atoms with Crippen LogP contribution in [0.25, 0.3) is 0 Å². The number of aryl methyl sites for hydroxylation is 1. The lowest BCUT2D eigenvalue weighted by Gasteiger charge is -2.12. The Hall–Kier alpha value is -0.470. The number of furan rings is 1. The summed E-state index contributed by atoms with van der Waals surface area (Å²) in [6.07, 6.45) is 2.04. The summed E-state index contributed by atoms with van der Waals surface area (Å²) in [4.78, 5) is 0. The van der Waals surface area contributed by atoms with Gasteiger partial charge in [-0.2, -0.15) is 0 Å². The Morgan fingerprint density at radius 1 is 1.50 bits per heavy atom. The van der Waals surface area contributed by atoms with E-state index in [-0.39, 0.29) is 6.10 Å². The molecule has 78 valence electrons. The van der Waals surface area contributed by atoms with Crippen molar-refractivity contribution in [3.8, 4) is 0 Å². The number of alkyl halides is 1. The fraction of sp³-hybridized carbons (Fsp3) is 0.636. The highest BCUT2D eigenvalue weighted by atomic mass is 35.5. The van der Waals surface area contributed by atoms with Crippen LogP contribution in [0, 0.1) is 5.92 Å². The Bertz CT molecular complexity index is 295. The molecule has 1 aromatic rings. The molecule has 1 aromatic heterocycles. The van der Waals surface area contributed by atoms with Gasteiger partial charge in [0.25, 0.3) is 0 Å². The van der Waals surface area contributed by atoms with Crippen LogP contribution < -0.4 is 0 Å². The van der Waals surface area contributed by atoms with Crippen LogP contribution in [0.15, 0.2) is 16.5 Å². The van der Waals surface area contributed by atoms with E-state index in [1.165, 1.54) is 0 Å². The average molecular weight is 215 g/mol. The first-order chi connectivity index (χ1) is 6.85. The van der Waals surface area contributed by atoms with E-state index in [9.17, 15) is 0 Å². The molecule has 0 bridgehead atoms. The molecule has 1 fully saturated rings. The van der Waals surface area contributed by atoms with Gasteiger partial charge in [0, 0.05) is 24.8 Å². The lowest BCUT2D eigenvalue weighted by molar-refractivity contribution is 0.0757. The predicted octanol–water partition coefficient (Wildman–Crippen LogP) is 3.16. The molecule has 0 aliphatic carbocycles. The third kappa shape index (κ3) is 1.82. The summed E-state index contributed by atoms with van der Waals surface area (Å²) in [5, 5.41) is 0. The summed E-state index contributed by atoms with van der Waals surface area (Å²) < 4.78 is 11.3. The second-order valence-electron chi connectivity index (χ2n) is 3.65. The number of halogens is 1. The molecule has 14 heavy (non-hydrogen) atoms. The van der Waals surface area contributed by atoms with E-state index in [1.807, 2.05) is 12.1 Å². The first kappa shape index (κ1) is 10.1. The minimum absolute atomic E-state index is 0.0767. The van der Waals surface area contributed by atoms with Crippen molar-refractivity contribution in [3.63, 3.8) is 0 Å². The second kappa shape index (κ2) is 4.37. The molecular formula is C11H15ClO2. The first-order valence-corrected chi connectivity index (χ1v) is 5.64. The molecule has 1 saturated heterocycles. The van der Waals surface area contributed by atoms with E-state index in [1.54, 1.807) is 0 Å². The quantitative estimate of drug-likeness (QED) is 0.722. The highest BCUT2D eigenvalue weighted by molar-refractivity contribution is 6.18. The molecule has 3 heteroatoms. The minimum atomic E-state index is 0.0767. The number of rotatable bonds is 3. The summed E-state index contributed by atoms with van der Waals surface area (Å²) in [5.41, 5.74) is 0. The molecule has 2 unspecified atom stereocenters. The van der Waals surface area contributed by atoms with Crippen molar-refractivity contribution in [2.75, 3.05) is 12.5 Å². The zero-order valence-corrected chi connectivity index (χ0v) is 9.09. The van der Waals surface area contributed by atoms with E-state index in [0.717, 1.165) is 31.0 Å². The van der Waals surface area contributed by atoms with Gasteiger partial charge >= 0.3 is 0 Å². The van der Waals surface area contributed by atoms with Crippen LogP contribution in [0.3, 0.4) is 0 Å². The lowest BCUT2D eigenvalue weighted by Crippen LogP contribution is -2.07. The molecule has 0 aromatic carbocycles. The Labute approximate surface area is 89.2 Å². The molecule has 0 amide bonds. The van der Waals surface area contributed by atoms with Crippen molar-refractivity contribution in [2.24, 2.45) is 5.92 Å². The third-order valence-electron chi connectivity index (χ3n) is 2.72. The van der Waals surface area contributed by atoms with E-state index < -0.39 is 0 Å². The predicted molar refractivity (Wildman–Crippen MR) is 55.6 cm³/mol. The molecule has 2 heterocycles. The maximum Gasteiger partial charge on any atom is 0.133 e. The highest BCUT2D eigenvalue weighted by Crippen LogP contribution is 2.35. The van der Waals surface area contributed by atoms with Crippen molar-refractivity contribution < 1.29 is 9.15 Å². The number of ether oxygens (including phenoxy) is 1. The van der Waals surface area contributed by atoms with E-state index in [4.69, 9.17) is 20.8 Å². The van der Waals surface area contributed by atoms with Gasteiger partial charge in [-0.1, -0.05) is 6.92 Å². The van der Waals surface area contributed by atoms with Crippen molar-refractivity contribution in [2.45, 2.75) is 25.9 Å². The second-order valence-corrected chi connectivity index (χ2v) is 3.96. The van der Waals surface area contributed by atoms with Gasteiger partial charge in [-0.15, -0.1) is 11.6 Å². The van der Waals surface area contributed by atoms with Crippen LogP contribution in [-0.2, 0) is 11.2 Å². The van der Waals surface area contributed by atoms with E-state index >= 15 is 0 Å². The van der Waals surface area contributed by atoms with Gasteiger partial charge in [0.15, 0.2) is 0 Å². The van der Waals surface area contributed by atoms with Crippen LogP contribution >= 0.6 is 11.6 Å².